The van der Waals surface area contributed by atoms with Gasteiger partial charge in [0.2, 0.25) is 0 Å². The molecule has 3 aromatic rings. The molecule has 0 spiro atoms. The van der Waals surface area contributed by atoms with Gasteiger partial charge in [-0.2, -0.15) is 5.10 Å². The molecule has 19 heavy (non-hydrogen) atoms. The van der Waals surface area contributed by atoms with Gasteiger partial charge in [0, 0.05) is 11.8 Å². The summed E-state index contributed by atoms with van der Waals surface area (Å²) in [5.74, 6) is 0.758. The molecular weight excluding hydrogens is 236 g/mol. The number of hydrogen-bond donors (Lipinski definition) is 1. The summed E-state index contributed by atoms with van der Waals surface area (Å²) in [6.45, 7) is 2.08. The van der Waals surface area contributed by atoms with Crippen molar-refractivity contribution in [3.63, 3.8) is 0 Å². The van der Waals surface area contributed by atoms with E-state index in [0.717, 1.165) is 16.9 Å². The topological polar surface area (TPSA) is 56.7 Å². The molecule has 0 aliphatic heterocycles. The standard InChI is InChI=1S/C15H14N4/c1-11-3-2-4-12(7-11)13-8-18-19(10-13)15-6-5-14(16)9-17-15/h2-10H,16H2,1H3. The Bertz CT molecular complexity index is 698. The van der Waals surface area contributed by atoms with E-state index >= 15 is 0 Å². The number of benzene rings is 1. The van der Waals surface area contributed by atoms with Crippen LogP contribution in [0.2, 0.25) is 0 Å². The first kappa shape index (κ1) is 11.5. The zero-order valence-electron chi connectivity index (χ0n) is 10.6. The van der Waals surface area contributed by atoms with Crippen molar-refractivity contribution in [2.45, 2.75) is 6.92 Å². The SMILES string of the molecule is Cc1cccc(-c2cnn(-c3ccc(N)cn3)c2)c1. The Kier molecular flexibility index (Phi) is 2.76. The molecule has 0 radical (unpaired) electrons. The smallest absolute Gasteiger partial charge is 0.153 e. The Morgan fingerprint density at radius 3 is 2.68 bits per heavy atom. The molecule has 0 bridgehead atoms. The first-order valence-corrected chi connectivity index (χ1v) is 6.06. The van der Waals surface area contributed by atoms with Crippen LogP contribution in [0.4, 0.5) is 5.69 Å². The van der Waals surface area contributed by atoms with Crippen LogP contribution in [0, 0.1) is 6.92 Å². The zero-order chi connectivity index (χ0) is 13.2. The predicted octanol–water partition coefficient (Wildman–Crippen LogP) is 2.82. The Balaban J connectivity index is 1.97. The number of nitrogen functional groups attached to an aromatic ring is 1. The van der Waals surface area contributed by atoms with Gasteiger partial charge in [0.15, 0.2) is 5.82 Å². The summed E-state index contributed by atoms with van der Waals surface area (Å²) in [6, 6.07) is 12.0. The number of aromatic nitrogens is 3. The summed E-state index contributed by atoms with van der Waals surface area (Å²) >= 11 is 0. The summed E-state index contributed by atoms with van der Waals surface area (Å²) in [5.41, 5.74) is 9.73. The van der Waals surface area contributed by atoms with Crippen molar-refractivity contribution in [1.29, 1.82) is 0 Å². The van der Waals surface area contributed by atoms with Gasteiger partial charge in [0.25, 0.3) is 0 Å². The third kappa shape index (κ3) is 2.33. The minimum absolute atomic E-state index is 0.648. The van der Waals surface area contributed by atoms with Crippen molar-refractivity contribution in [3.05, 3.63) is 60.6 Å². The molecule has 2 N–H and O–H groups in total. The van der Waals surface area contributed by atoms with Gasteiger partial charge < -0.3 is 5.73 Å². The van der Waals surface area contributed by atoms with Crippen molar-refractivity contribution < 1.29 is 0 Å². The highest BCUT2D eigenvalue weighted by molar-refractivity contribution is 5.62. The monoisotopic (exact) mass is 250 g/mol. The molecule has 0 unspecified atom stereocenters. The second-order valence-corrected chi connectivity index (χ2v) is 4.49. The maximum atomic E-state index is 5.63. The summed E-state index contributed by atoms with van der Waals surface area (Å²) in [6.07, 6.45) is 5.43. The van der Waals surface area contributed by atoms with E-state index in [1.54, 1.807) is 10.9 Å². The fourth-order valence-corrected chi connectivity index (χ4v) is 1.95. The molecule has 4 nitrogen and oxygen atoms in total. The fraction of sp³-hybridized carbons (Fsp3) is 0.0667. The van der Waals surface area contributed by atoms with E-state index in [9.17, 15) is 0 Å². The lowest BCUT2D eigenvalue weighted by Gasteiger charge is -2.00. The largest absolute Gasteiger partial charge is 0.397 e. The minimum Gasteiger partial charge on any atom is -0.397 e. The summed E-state index contributed by atoms with van der Waals surface area (Å²) in [7, 11) is 0. The minimum atomic E-state index is 0.648. The van der Waals surface area contributed by atoms with Crippen LogP contribution in [-0.4, -0.2) is 14.8 Å². The average molecular weight is 250 g/mol. The van der Waals surface area contributed by atoms with Crippen LogP contribution in [0.15, 0.2) is 55.0 Å². The third-order valence-corrected chi connectivity index (χ3v) is 2.94. The van der Waals surface area contributed by atoms with Crippen molar-refractivity contribution in [1.82, 2.24) is 14.8 Å². The number of pyridine rings is 1. The van der Waals surface area contributed by atoms with Crippen molar-refractivity contribution in [2.75, 3.05) is 5.73 Å². The number of nitrogens with zero attached hydrogens (tertiary/aromatic N) is 3. The quantitative estimate of drug-likeness (QED) is 0.760. The van der Waals surface area contributed by atoms with Crippen molar-refractivity contribution in [3.8, 4) is 16.9 Å². The van der Waals surface area contributed by atoms with Gasteiger partial charge in [0.05, 0.1) is 18.1 Å². The van der Waals surface area contributed by atoms with Gasteiger partial charge >= 0.3 is 0 Å². The van der Waals surface area contributed by atoms with E-state index in [-0.39, 0.29) is 0 Å². The average Bonchev–Trinajstić information content (AvgIpc) is 2.89. The first-order valence-electron chi connectivity index (χ1n) is 6.06. The highest BCUT2D eigenvalue weighted by Crippen LogP contribution is 2.20. The first-order chi connectivity index (χ1) is 9.22. The molecule has 0 saturated heterocycles. The Hall–Kier alpha value is -2.62. The van der Waals surface area contributed by atoms with Crippen LogP contribution >= 0.6 is 0 Å². The summed E-state index contributed by atoms with van der Waals surface area (Å²) in [4.78, 5) is 4.25. The van der Waals surface area contributed by atoms with Crippen LogP contribution in [-0.2, 0) is 0 Å². The molecule has 0 amide bonds. The van der Waals surface area contributed by atoms with Gasteiger partial charge in [-0.3, -0.25) is 0 Å². The van der Waals surface area contributed by atoms with Crippen molar-refractivity contribution in [2.24, 2.45) is 0 Å². The number of hydrogen-bond acceptors (Lipinski definition) is 3. The maximum absolute atomic E-state index is 5.63. The van der Waals surface area contributed by atoms with Crippen LogP contribution in [0.3, 0.4) is 0 Å². The fourth-order valence-electron chi connectivity index (χ4n) is 1.95. The molecule has 0 atom stereocenters. The van der Waals surface area contributed by atoms with E-state index in [2.05, 4.69) is 35.2 Å². The van der Waals surface area contributed by atoms with Crippen molar-refractivity contribution >= 4 is 5.69 Å². The highest BCUT2D eigenvalue weighted by Gasteiger charge is 2.04. The van der Waals surface area contributed by atoms with E-state index in [1.165, 1.54) is 5.56 Å². The molecule has 0 aliphatic rings. The zero-order valence-corrected chi connectivity index (χ0v) is 10.6. The number of rotatable bonds is 2. The molecule has 1 aromatic carbocycles. The number of nitrogens with two attached hydrogens (primary N) is 1. The molecule has 2 aromatic heterocycles. The predicted molar refractivity (Wildman–Crippen MR) is 75.9 cm³/mol. The molecule has 0 fully saturated rings. The maximum Gasteiger partial charge on any atom is 0.153 e. The molecular formula is C15H14N4. The Labute approximate surface area is 111 Å². The van der Waals surface area contributed by atoms with Crippen LogP contribution in [0.1, 0.15) is 5.56 Å². The molecule has 3 rings (SSSR count). The third-order valence-electron chi connectivity index (χ3n) is 2.94. The van der Waals surface area contributed by atoms with E-state index in [1.807, 2.05) is 30.6 Å². The Morgan fingerprint density at radius 2 is 1.95 bits per heavy atom. The molecule has 4 heteroatoms. The second kappa shape index (κ2) is 4.57. The van der Waals surface area contributed by atoms with Gasteiger partial charge in [-0.05, 0) is 24.6 Å². The number of anilines is 1. The highest BCUT2D eigenvalue weighted by atomic mass is 15.3. The second-order valence-electron chi connectivity index (χ2n) is 4.49. The van der Waals surface area contributed by atoms with E-state index in [4.69, 9.17) is 5.73 Å². The van der Waals surface area contributed by atoms with Gasteiger partial charge in [0.1, 0.15) is 0 Å². The van der Waals surface area contributed by atoms with Crippen LogP contribution < -0.4 is 5.73 Å². The molecule has 94 valence electrons. The summed E-state index contributed by atoms with van der Waals surface area (Å²) < 4.78 is 1.75. The molecule has 0 saturated carbocycles. The van der Waals surface area contributed by atoms with E-state index < -0.39 is 0 Å². The summed E-state index contributed by atoms with van der Waals surface area (Å²) in [5, 5.41) is 4.34. The van der Waals surface area contributed by atoms with Gasteiger partial charge in [-0.25, -0.2) is 9.67 Å². The lowest BCUT2D eigenvalue weighted by Crippen LogP contribution is -1.98. The van der Waals surface area contributed by atoms with Gasteiger partial charge in [-0.15, -0.1) is 0 Å². The normalized spacial score (nSPS) is 10.6. The molecule has 2 heterocycles. The lowest BCUT2D eigenvalue weighted by molar-refractivity contribution is 0.847. The Morgan fingerprint density at radius 1 is 1.05 bits per heavy atom. The van der Waals surface area contributed by atoms with Crippen LogP contribution in [0.5, 0.6) is 0 Å². The molecule has 0 aliphatic carbocycles. The van der Waals surface area contributed by atoms with Crippen LogP contribution in [0.25, 0.3) is 16.9 Å². The van der Waals surface area contributed by atoms with Gasteiger partial charge in [-0.1, -0.05) is 29.8 Å². The number of aryl methyl sites for hydroxylation is 1. The lowest BCUT2D eigenvalue weighted by atomic mass is 10.1. The van der Waals surface area contributed by atoms with E-state index in [0.29, 0.717) is 5.69 Å².